The van der Waals surface area contributed by atoms with Crippen molar-refractivity contribution >= 4 is 17.7 Å². The topological polar surface area (TPSA) is 128 Å². The number of nitrogens with two attached hydrogens (primary N) is 2. The van der Waals surface area contributed by atoms with E-state index in [2.05, 4.69) is 31.7 Å². The molecular weight excluding hydrogens is 356 g/mol. The first-order valence-corrected chi connectivity index (χ1v) is 8.93. The summed E-state index contributed by atoms with van der Waals surface area (Å²) in [4.78, 5) is 19.6. The lowest BCUT2D eigenvalue weighted by Crippen LogP contribution is -2.37. The lowest BCUT2D eigenvalue weighted by atomic mass is 10.2. The van der Waals surface area contributed by atoms with E-state index in [0.29, 0.717) is 37.2 Å². The average Bonchev–Trinajstić information content (AvgIpc) is 2.73. The van der Waals surface area contributed by atoms with E-state index in [-0.39, 0.29) is 5.95 Å². The second-order valence-corrected chi connectivity index (χ2v) is 6.06. The van der Waals surface area contributed by atoms with Crippen molar-refractivity contribution in [1.82, 2.24) is 19.9 Å². The van der Waals surface area contributed by atoms with Crippen LogP contribution < -0.4 is 21.7 Å². The number of hydrogen-bond acceptors (Lipinski definition) is 9. The predicted molar refractivity (Wildman–Crippen MR) is 111 cm³/mol. The third-order valence-corrected chi connectivity index (χ3v) is 4.09. The summed E-state index contributed by atoms with van der Waals surface area (Å²) < 4.78 is 5.43. The van der Waals surface area contributed by atoms with E-state index in [1.165, 1.54) is 6.20 Å². The Balaban J connectivity index is 1.91. The third-order valence-electron chi connectivity index (χ3n) is 4.09. The standard InChI is InChI=1S/C19H24N8O/c1-2-3-14(4-5-20)11-22-17-10-16(15-12-23-18(21)24-13-15)25-19(26-17)27-6-8-28-9-7-27/h2-5,10,12-13H,1,6-9,11,20H2,(H2,21,23,24)(H,22,25,26)/b5-4-,14-3+. The van der Waals surface area contributed by atoms with Crippen LogP contribution in [0.25, 0.3) is 11.3 Å². The van der Waals surface area contributed by atoms with Gasteiger partial charge in [-0.05, 0) is 17.8 Å². The number of hydrogen-bond donors (Lipinski definition) is 3. The summed E-state index contributed by atoms with van der Waals surface area (Å²) in [6.45, 7) is 7.03. The largest absolute Gasteiger partial charge is 0.405 e. The van der Waals surface area contributed by atoms with Crippen molar-refractivity contribution in [3.63, 3.8) is 0 Å². The summed E-state index contributed by atoms with van der Waals surface area (Å²) in [5.74, 6) is 1.53. The van der Waals surface area contributed by atoms with Crippen LogP contribution in [0.4, 0.5) is 17.7 Å². The molecule has 5 N–H and O–H groups in total. The van der Waals surface area contributed by atoms with Crippen LogP contribution >= 0.6 is 0 Å². The predicted octanol–water partition coefficient (Wildman–Crippen LogP) is 1.35. The van der Waals surface area contributed by atoms with E-state index in [9.17, 15) is 0 Å². The Hall–Kier alpha value is -3.46. The molecule has 0 unspecified atom stereocenters. The van der Waals surface area contributed by atoms with Gasteiger partial charge >= 0.3 is 0 Å². The fourth-order valence-corrected chi connectivity index (χ4v) is 2.69. The highest BCUT2D eigenvalue weighted by atomic mass is 16.5. The van der Waals surface area contributed by atoms with Gasteiger partial charge in [-0.15, -0.1) is 0 Å². The van der Waals surface area contributed by atoms with Gasteiger partial charge in [0, 0.05) is 43.7 Å². The molecule has 0 aliphatic carbocycles. The van der Waals surface area contributed by atoms with Crippen LogP contribution in [-0.2, 0) is 4.74 Å². The number of morpholine rings is 1. The van der Waals surface area contributed by atoms with Crippen molar-refractivity contribution in [2.75, 3.05) is 48.8 Å². The molecule has 2 aromatic heterocycles. The van der Waals surface area contributed by atoms with Crippen LogP contribution in [-0.4, -0.2) is 52.8 Å². The molecule has 0 saturated carbocycles. The van der Waals surface area contributed by atoms with Crippen LogP contribution in [0.2, 0.25) is 0 Å². The van der Waals surface area contributed by atoms with Crippen molar-refractivity contribution in [2.24, 2.45) is 5.73 Å². The van der Waals surface area contributed by atoms with E-state index in [1.807, 2.05) is 18.2 Å². The van der Waals surface area contributed by atoms with Crippen molar-refractivity contribution in [2.45, 2.75) is 0 Å². The van der Waals surface area contributed by atoms with Gasteiger partial charge in [-0.1, -0.05) is 18.7 Å². The number of rotatable bonds is 7. The minimum Gasteiger partial charge on any atom is -0.405 e. The molecule has 0 amide bonds. The molecule has 0 atom stereocenters. The third kappa shape index (κ3) is 5.04. The number of anilines is 3. The molecule has 3 rings (SSSR count). The van der Waals surface area contributed by atoms with E-state index in [0.717, 1.165) is 24.2 Å². The zero-order valence-corrected chi connectivity index (χ0v) is 15.6. The van der Waals surface area contributed by atoms with Gasteiger partial charge in [0.05, 0.1) is 18.9 Å². The van der Waals surface area contributed by atoms with Gasteiger partial charge in [0.1, 0.15) is 5.82 Å². The van der Waals surface area contributed by atoms with E-state index in [1.54, 1.807) is 18.5 Å². The molecule has 9 nitrogen and oxygen atoms in total. The first kappa shape index (κ1) is 19.3. The maximum Gasteiger partial charge on any atom is 0.228 e. The molecule has 2 aromatic rings. The smallest absolute Gasteiger partial charge is 0.228 e. The molecule has 1 aliphatic rings. The van der Waals surface area contributed by atoms with Gasteiger partial charge in [-0.25, -0.2) is 15.0 Å². The molecule has 28 heavy (non-hydrogen) atoms. The maximum atomic E-state index is 5.60. The summed E-state index contributed by atoms with van der Waals surface area (Å²) in [6, 6.07) is 1.86. The summed E-state index contributed by atoms with van der Waals surface area (Å²) >= 11 is 0. The normalized spacial score (nSPS) is 15.0. The van der Waals surface area contributed by atoms with Gasteiger partial charge < -0.3 is 26.4 Å². The SMILES string of the molecule is C=C/C=C(\C=C/N)CNc1cc(-c2cnc(N)nc2)nc(N2CCOCC2)n1. The second kappa shape index (κ2) is 9.47. The summed E-state index contributed by atoms with van der Waals surface area (Å²) in [6.07, 6.45) is 10.2. The van der Waals surface area contributed by atoms with Gasteiger partial charge in [-0.3, -0.25) is 0 Å². The molecule has 146 valence electrons. The number of nitrogens with one attached hydrogen (secondary N) is 1. The van der Waals surface area contributed by atoms with E-state index >= 15 is 0 Å². The van der Waals surface area contributed by atoms with E-state index < -0.39 is 0 Å². The molecule has 1 aliphatic heterocycles. The maximum absolute atomic E-state index is 5.60. The number of nitrogens with zero attached hydrogens (tertiary/aromatic N) is 5. The number of ether oxygens (including phenoxy) is 1. The van der Waals surface area contributed by atoms with Crippen molar-refractivity contribution in [3.8, 4) is 11.3 Å². The van der Waals surface area contributed by atoms with Gasteiger partial charge in [0.15, 0.2) is 0 Å². The van der Waals surface area contributed by atoms with Crippen LogP contribution in [0.15, 0.2) is 55.0 Å². The molecule has 1 saturated heterocycles. The van der Waals surface area contributed by atoms with Crippen LogP contribution in [0, 0.1) is 0 Å². The highest BCUT2D eigenvalue weighted by Crippen LogP contribution is 2.23. The highest BCUT2D eigenvalue weighted by molar-refractivity contribution is 5.63. The zero-order chi connectivity index (χ0) is 19.8. The minimum atomic E-state index is 0.220. The molecule has 3 heterocycles. The first-order chi connectivity index (χ1) is 13.7. The van der Waals surface area contributed by atoms with Crippen molar-refractivity contribution in [3.05, 3.63) is 55.0 Å². The van der Waals surface area contributed by atoms with Gasteiger partial charge in [-0.2, -0.15) is 4.98 Å². The van der Waals surface area contributed by atoms with Gasteiger partial charge in [0.25, 0.3) is 0 Å². The minimum absolute atomic E-state index is 0.220. The summed E-state index contributed by atoms with van der Waals surface area (Å²) in [7, 11) is 0. The Bertz CT molecular complexity index is 857. The Morgan fingerprint density at radius 2 is 2.00 bits per heavy atom. The Morgan fingerprint density at radius 1 is 1.25 bits per heavy atom. The average molecular weight is 380 g/mol. The molecule has 0 spiro atoms. The Labute approximate surface area is 163 Å². The zero-order valence-electron chi connectivity index (χ0n) is 15.6. The molecule has 1 fully saturated rings. The van der Waals surface area contributed by atoms with Crippen molar-refractivity contribution < 1.29 is 4.74 Å². The second-order valence-electron chi connectivity index (χ2n) is 6.06. The van der Waals surface area contributed by atoms with Crippen LogP contribution in [0.5, 0.6) is 0 Å². The quantitative estimate of drug-likeness (QED) is 0.610. The van der Waals surface area contributed by atoms with Crippen LogP contribution in [0.1, 0.15) is 0 Å². The summed E-state index contributed by atoms with van der Waals surface area (Å²) in [5, 5.41) is 3.32. The fourth-order valence-electron chi connectivity index (χ4n) is 2.69. The van der Waals surface area contributed by atoms with Crippen molar-refractivity contribution in [1.29, 1.82) is 0 Å². The molecule has 9 heteroatoms. The Kier molecular flexibility index (Phi) is 6.53. The number of nitrogen functional groups attached to an aromatic ring is 1. The summed E-state index contributed by atoms with van der Waals surface area (Å²) in [5.41, 5.74) is 13.6. The number of allylic oxidation sites excluding steroid dienone is 2. The number of aromatic nitrogens is 4. The Morgan fingerprint density at radius 3 is 2.68 bits per heavy atom. The molecule has 0 aromatic carbocycles. The van der Waals surface area contributed by atoms with E-state index in [4.69, 9.17) is 21.2 Å². The van der Waals surface area contributed by atoms with Gasteiger partial charge in [0.2, 0.25) is 11.9 Å². The molecular formula is C19H24N8O. The lowest BCUT2D eigenvalue weighted by Gasteiger charge is -2.27. The first-order valence-electron chi connectivity index (χ1n) is 8.93. The molecule has 0 radical (unpaired) electrons. The van der Waals surface area contributed by atoms with Crippen LogP contribution in [0.3, 0.4) is 0 Å². The molecule has 0 bridgehead atoms. The highest BCUT2D eigenvalue weighted by Gasteiger charge is 2.16. The fraction of sp³-hybridized carbons (Fsp3) is 0.263. The monoisotopic (exact) mass is 380 g/mol. The lowest BCUT2D eigenvalue weighted by molar-refractivity contribution is 0.122.